The van der Waals surface area contributed by atoms with Crippen molar-refractivity contribution >= 4 is 16.0 Å². The lowest BCUT2D eigenvalue weighted by molar-refractivity contribution is -0.154. The van der Waals surface area contributed by atoms with Gasteiger partial charge in [-0.2, -0.15) is 0 Å². The van der Waals surface area contributed by atoms with Crippen LogP contribution in [0.25, 0.3) is 0 Å². The summed E-state index contributed by atoms with van der Waals surface area (Å²) in [6, 6.07) is 0. The second-order valence-electron chi connectivity index (χ2n) is 7.14. The van der Waals surface area contributed by atoms with Gasteiger partial charge >= 0.3 is 5.97 Å². The Morgan fingerprint density at radius 3 is 2.48 bits per heavy atom. The third kappa shape index (κ3) is 5.67. The van der Waals surface area contributed by atoms with Gasteiger partial charge in [-0.05, 0) is 62.0 Å². The smallest absolute Gasteiger partial charge is 0.333 e. The van der Waals surface area contributed by atoms with E-state index in [9.17, 15) is 9.90 Å². The molecule has 3 atom stereocenters. The first-order valence-corrected chi connectivity index (χ1v) is 10.6. The van der Waals surface area contributed by atoms with E-state index in [4.69, 9.17) is 4.74 Å². The summed E-state index contributed by atoms with van der Waals surface area (Å²) in [6.45, 7) is 9.82. The molecular formula is C17H32O3S. The summed E-state index contributed by atoms with van der Waals surface area (Å²) in [6.07, 6.45) is 7.66. The first-order chi connectivity index (χ1) is 9.63. The molecule has 0 heterocycles. The van der Waals surface area contributed by atoms with E-state index in [0.717, 1.165) is 24.5 Å². The van der Waals surface area contributed by atoms with Crippen LogP contribution in [0.3, 0.4) is 0 Å². The Morgan fingerprint density at radius 1 is 1.38 bits per heavy atom. The molecule has 3 unspecified atom stereocenters. The number of aliphatic hydroxyl groups excluding tert-OH is 1. The number of rotatable bonds is 6. The monoisotopic (exact) mass is 316 g/mol. The van der Waals surface area contributed by atoms with Gasteiger partial charge in [-0.25, -0.2) is 14.8 Å². The number of hydrogen-bond donors (Lipinski definition) is 1. The van der Waals surface area contributed by atoms with Gasteiger partial charge in [0.15, 0.2) is 0 Å². The SMILES string of the molecule is C=C(C)C(=O)OC1CCC(CCS(C)(C)C(C)C)CC1O. The molecular weight excluding hydrogens is 284 g/mol. The molecule has 0 radical (unpaired) electrons. The Kier molecular flexibility index (Phi) is 6.79. The van der Waals surface area contributed by atoms with E-state index < -0.39 is 16.1 Å². The van der Waals surface area contributed by atoms with Crippen LogP contribution in [0.2, 0.25) is 0 Å². The van der Waals surface area contributed by atoms with Gasteiger partial charge in [0, 0.05) is 5.57 Å². The van der Waals surface area contributed by atoms with Crippen molar-refractivity contribution in [3.63, 3.8) is 0 Å². The fourth-order valence-electron chi connectivity index (χ4n) is 2.55. The lowest BCUT2D eigenvalue weighted by Crippen LogP contribution is -2.37. The Labute approximate surface area is 131 Å². The number of carbonyl (C=O) groups is 1. The number of esters is 1. The molecule has 3 nitrogen and oxygen atoms in total. The van der Waals surface area contributed by atoms with E-state index in [2.05, 4.69) is 32.9 Å². The molecule has 0 aromatic rings. The van der Waals surface area contributed by atoms with Crippen molar-refractivity contribution in [3.05, 3.63) is 12.2 Å². The molecule has 0 saturated heterocycles. The summed E-state index contributed by atoms with van der Waals surface area (Å²) < 4.78 is 5.31. The average Bonchev–Trinajstić information content (AvgIpc) is 2.38. The van der Waals surface area contributed by atoms with Crippen LogP contribution in [-0.4, -0.2) is 46.8 Å². The lowest BCUT2D eigenvalue weighted by atomic mass is 9.84. The van der Waals surface area contributed by atoms with Crippen molar-refractivity contribution in [1.29, 1.82) is 0 Å². The molecule has 1 N–H and O–H groups in total. The van der Waals surface area contributed by atoms with Crippen molar-refractivity contribution < 1.29 is 14.6 Å². The van der Waals surface area contributed by atoms with Gasteiger partial charge in [0.05, 0.1) is 6.10 Å². The quantitative estimate of drug-likeness (QED) is 0.602. The Balaban J connectivity index is 2.42. The van der Waals surface area contributed by atoms with Crippen LogP contribution in [0.1, 0.15) is 46.5 Å². The second-order valence-corrected chi connectivity index (χ2v) is 11.7. The van der Waals surface area contributed by atoms with Gasteiger partial charge < -0.3 is 9.84 Å². The molecule has 1 fully saturated rings. The number of ether oxygens (including phenoxy) is 1. The van der Waals surface area contributed by atoms with E-state index in [1.54, 1.807) is 6.92 Å². The highest BCUT2D eigenvalue weighted by Crippen LogP contribution is 2.47. The average molecular weight is 317 g/mol. The molecule has 0 aliphatic heterocycles. The summed E-state index contributed by atoms with van der Waals surface area (Å²) >= 11 is 0. The van der Waals surface area contributed by atoms with Gasteiger partial charge in [-0.15, -0.1) is 0 Å². The van der Waals surface area contributed by atoms with Gasteiger partial charge in [0.2, 0.25) is 0 Å². The molecule has 124 valence electrons. The zero-order chi connectivity index (χ0) is 16.2. The summed E-state index contributed by atoms with van der Waals surface area (Å²) in [4.78, 5) is 11.5. The molecule has 21 heavy (non-hydrogen) atoms. The first kappa shape index (κ1) is 18.6. The summed E-state index contributed by atoms with van der Waals surface area (Å²) in [5.74, 6) is 1.44. The van der Waals surface area contributed by atoms with Crippen LogP contribution in [0, 0.1) is 5.92 Å². The zero-order valence-electron chi connectivity index (χ0n) is 14.2. The Hall–Kier alpha value is -0.480. The van der Waals surface area contributed by atoms with Crippen molar-refractivity contribution in [2.75, 3.05) is 18.3 Å². The molecule has 0 bridgehead atoms. The lowest BCUT2D eigenvalue weighted by Gasteiger charge is -2.39. The number of carbonyl (C=O) groups excluding carboxylic acids is 1. The van der Waals surface area contributed by atoms with E-state index in [1.807, 2.05) is 0 Å². The maximum atomic E-state index is 11.5. The molecule has 0 aromatic heterocycles. The largest absolute Gasteiger partial charge is 0.456 e. The molecule has 1 rings (SSSR count). The van der Waals surface area contributed by atoms with Crippen LogP contribution in [-0.2, 0) is 9.53 Å². The normalized spacial score (nSPS) is 27.5. The predicted octanol–water partition coefficient (Wildman–Crippen LogP) is 3.50. The molecule has 1 saturated carbocycles. The Morgan fingerprint density at radius 2 is 2.00 bits per heavy atom. The third-order valence-corrected chi connectivity index (χ3v) is 8.64. The fourth-order valence-corrected chi connectivity index (χ4v) is 3.96. The molecule has 1 aliphatic carbocycles. The topological polar surface area (TPSA) is 46.5 Å². The maximum Gasteiger partial charge on any atom is 0.333 e. The van der Waals surface area contributed by atoms with Crippen LogP contribution < -0.4 is 0 Å². The summed E-state index contributed by atoms with van der Waals surface area (Å²) in [5, 5.41) is 11.0. The standard InChI is InChI=1S/C17H32O3S/c1-12(2)17(19)20-16-8-7-14(11-15(16)18)9-10-21(5,6)13(3)4/h13-16,18H,1,7-11H2,2-6H3. The molecule has 0 aromatic carbocycles. The minimum absolute atomic E-state index is 0.351. The number of aliphatic hydroxyl groups is 1. The van der Waals surface area contributed by atoms with E-state index in [1.165, 1.54) is 12.2 Å². The second kappa shape index (κ2) is 7.68. The van der Waals surface area contributed by atoms with Crippen LogP contribution in [0.5, 0.6) is 0 Å². The zero-order valence-corrected chi connectivity index (χ0v) is 15.0. The third-order valence-electron chi connectivity index (χ3n) is 4.80. The van der Waals surface area contributed by atoms with Gasteiger partial charge in [0.1, 0.15) is 6.10 Å². The van der Waals surface area contributed by atoms with Gasteiger partial charge in [-0.3, -0.25) is 0 Å². The van der Waals surface area contributed by atoms with E-state index in [0.29, 0.717) is 11.5 Å². The Bertz CT molecular complexity index is 376. The maximum absolute atomic E-state index is 11.5. The fraction of sp³-hybridized carbons (Fsp3) is 0.824. The summed E-state index contributed by atoms with van der Waals surface area (Å²) in [7, 11) is -0.537. The first-order valence-electron chi connectivity index (χ1n) is 7.88. The van der Waals surface area contributed by atoms with Crippen molar-refractivity contribution in [2.45, 2.75) is 63.9 Å². The van der Waals surface area contributed by atoms with Gasteiger partial charge in [-0.1, -0.05) is 20.4 Å². The number of hydrogen-bond acceptors (Lipinski definition) is 3. The van der Waals surface area contributed by atoms with Crippen LogP contribution in [0.15, 0.2) is 12.2 Å². The highest BCUT2D eigenvalue weighted by Gasteiger charge is 2.32. The van der Waals surface area contributed by atoms with E-state index in [-0.39, 0.29) is 12.1 Å². The van der Waals surface area contributed by atoms with Gasteiger partial charge in [0.25, 0.3) is 0 Å². The predicted molar refractivity (Wildman–Crippen MR) is 92.1 cm³/mol. The molecule has 0 spiro atoms. The highest BCUT2D eigenvalue weighted by molar-refractivity contribution is 8.33. The molecule has 1 aliphatic rings. The minimum Gasteiger partial charge on any atom is -0.456 e. The van der Waals surface area contributed by atoms with Crippen molar-refractivity contribution in [1.82, 2.24) is 0 Å². The van der Waals surface area contributed by atoms with Crippen molar-refractivity contribution in [2.24, 2.45) is 5.92 Å². The van der Waals surface area contributed by atoms with Crippen molar-refractivity contribution in [3.8, 4) is 0 Å². The molecule has 4 heteroatoms. The minimum atomic E-state index is -0.537. The molecule has 0 amide bonds. The highest BCUT2D eigenvalue weighted by atomic mass is 32.3. The van der Waals surface area contributed by atoms with Crippen LogP contribution >= 0.6 is 10.0 Å². The van der Waals surface area contributed by atoms with E-state index >= 15 is 0 Å². The summed E-state index contributed by atoms with van der Waals surface area (Å²) in [5.41, 5.74) is 0.395. The van der Waals surface area contributed by atoms with Crippen LogP contribution in [0.4, 0.5) is 0 Å².